The predicted octanol–water partition coefficient (Wildman–Crippen LogP) is 3.06. The summed E-state index contributed by atoms with van der Waals surface area (Å²) in [7, 11) is 0. The molecule has 2 fully saturated rings. The Morgan fingerprint density at radius 3 is 2.96 bits per heavy atom. The summed E-state index contributed by atoms with van der Waals surface area (Å²) < 4.78 is 5.87. The zero-order chi connectivity index (χ0) is 16.2. The van der Waals surface area contributed by atoms with E-state index >= 15 is 0 Å². The minimum absolute atomic E-state index is 0. The highest BCUT2D eigenvalue weighted by molar-refractivity contribution is 6.01. The number of carbonyl (C=O) groups is 1. The number of rotatable bonds is 2. The predicted molar refractivity (Wildman–Crippen MR) is 97.3 cm³/mol. The molecule has 1 saturated carbocycles. The molecule has 1 amide bonds. The molecule has 24 heavy (non-hydrogen) atoms. The van der Waals surface area contributed by atoms with Gasteiger partial charge in [-0.15, -0.1) is 12.4 Å². The van der Waals surface area contributed by atoms with Crippen LogP contribution in [0.2, 0.25) is 0 Å². The van der Waals surface area contributed by atoms with Crippen LogP contribution >= 0.6 is 12.4 Å². The fourth-order valence-corrected chi connectivity index (χ4v) is 4.40. The van der Waals surface area contributed by atoms with Crippen LogP contribution < -0.4 is 11.1 Å². The topological polar surface area (TPSA) is 80.1 Å². The molecular formula is C18H24ClN3O2. The SMILES string of the molecule is CC1(C)C2OCCCC2C1(N)C(=O)Nc1ccc2[nH]ccc2c1.Cl. The van der Waals surface area contributed by atoms with Crippen molar-refractivity contribution in [1.29, 1.82) is 0 Å². The molecule has 0 radical (unpaired) electrons. The number of hydrogen-bond acceptors (Lipinski definition) is 3. The summed E-state index contributed by atoms with van der Waals surface area (Å²) in [4.78, 5) is 16.1. The Morgan fingerprint density at radius 2 is 2.17 bits per heavy atom. The van der Waals surface area contributed by atoms with Crippen LogP contribution in [0, 0.1) is 11.3 Å². The van der Waals surface area contributed by atoms with E-state index < -0.39 is 5.54 Å². The van der Waals surface area contributed by atoms with Gasteiger partial charge in [0.15, 0.2) is 0 Å². The van der Waals surface area contributed by atoms with Gasteiger partial charge in [-0.2, -0.15) is 0 Å². The van der Waals surface area contributed by atoms with Crippen molar-refractivity contribution in [3.05, 3.63) is 30.5 Å². The lowest BCUT2D eigenvalue weighted by molar-refractivity contribution is -0.222. The van der Waals surface area contributed by atoms with Gasteiger partial charge in [0.25, 0.3) is 0 Å². The van der Waals surface area contributed by atoms with E-state index in [1.165, 1.54) is 0 Å². The average Bonchev–Trinajstić information content (AvgIpc) is 3.01. The molecule has 2 heterocycles. The number of halogens is 1. The number of H-pyrrole nitrogens is 1. The molecule has 4 rings (SSSR count). The van der Waals surface area contributed by atoms with Crippen LogP contribution in [0.5, 0.6) is 0 Å². The summed E-state index contributed by atoms with van der Waals surface area (Å²) >= 11 is 0. The van der Waals surface area contributed by atoms with Crippen LogP contribution in [0.4, 0.5) is 5.69 Å². The van der Waals surface area contributed by atoms with E-state index in [1.807, 2.05) is 44.3 Å². The number of ether oxygens (including phenoxy) is 1. The van der Waals surface area contributed by atoms with Gasteiger partial charge in [-0.05, 0) is 37.1 Å². The third kappa shape index (κ3) is 2.19. The number of nitrogens with two attached hydrogens (primary N) is 1. The van der Waals surface area contributed by atoms with E-state index in [1.54, 1.807) is 0 Å². The number of fused-ring (bicyclic) bond motifs is 2. The van der Waals surface area contributed by atoms with Gasteiger partial charge in [-0.1, -0.05) is 13.8 Å². The highest BCUT2D eigenvalue weighted by Gasteiger charge is 2.70. The van der Waals surface area contributed by atoms with Crippen molar-refractivity contribution in [3.63, 3.8) is 0 Å². The highest BCUT2D eigenvalue weighted by atomic mass is 35.5. The van der Waals surface area contributed by atoms with Crippen LogP contribution in [0.3, 0.4) is 0 Å². The second-order valence-corrected chi connectivity index (χ2v) is 7.36. The summed E-state index contributed by atoms with van der Waals surface area (Å²) in [6.45, 7) is 4.84. The first-order valence-corrected chi connectivity index (χ1v) is 8.23. The number of carbonyl (C=O) groups excluding carboxylic acids is 1. The summed E-state index contributed by atoms with van der Waals surface area (Å²) in [5, 5.41) is 4.09. The standard InChI is InChI=1S/C18H23N3O2.ClH/c1-17(2)15-13(4-3-9-23-15)18(17,19)16(22)21-12-5-6-14-11(10-12)7-8-20-14;/h5-8,10,13,15,20H,3-4,9,19H2,1-2H3,(H,21,22);1H. The third-order valence-corrected chi connectivity index (χ3v) is 5.87. The molecule has 1 aliphatic carbocycles. The Morgan fingerprint density at radius 1 is 1.38 bits per heavy atom. The van der Waals surface area contributed by atoms with Crippen LogP contribution in [0.15, 0.2) is 30.5 Å². The summed E-state index contributed by atoms with van der Waals surface area (Å²) in [6, 6.07) is 7.82. The number of hydrogen-bond donors (Lipinski definition) is 3. The fourth-order valence-electron chi connectivity index (χ4n) is 4.40. The lowest BCUT2D eigenvalue weighted by atomic mass is 9.46. The molecule has 1 aromatic carbocycles. The maximum Gasteiger partial charge on any atom is 0.245 e. The highest BCUT2D eigenvalue weighted by Crippen LogP contribution is 2.57. The van der Waals surface area contributed by atoms with Crippen molar-refractivity contribution in [2.24, 2.45) is 17.1 Å². The first-order valence-electron chi connectivity index (χ1n) is 8.23. The number of nitrogens with one attached hydrogen (secondary N) is 2. The Hall–Kier alpha value is -1.56. The Labute approximate surface area is 147 Å². The number of aromatic nitrogens is 1. The van der Waals surface area contributed by atoms with Crippen molar-refractivity contribution in [1.82, 2.24) is 4.98 Å². The monoisotopic (exact) mass is 349 g/mol. The molecule has 6 heteroatoms. The van der Waals surface area contributed by atoms with Crippen molar-refractivity contribution in [2.45, 2.75) is 38.3 Å². The second kappa shape index (κ2) is 5.76. The number of benzene rings is 1. The van der Waals surface area contributed by atoms with Gasteiger partial charge in [-0.3, -0.25) is 4.79 Å². The molecule has 1 aliphatic heterocycles. The normalized spacial score (nSPS) is 30.8. The number of amides is 1. The van der Waals surface area contributed by atoms with Gasteiger partial charge in [0.05, 0.1) is 6.10 Å². The lowest BCUT2D eigenvalue weighted by Gasteiger charge is -2.65. The molecular weight excluding hydrogens is 326 g/mol. The molecule has 5 nitrogen and oxygen atoms in total. The minimum Gasteiger partial charge on any atom is -0.377 e. The molecule has 1 aromatic heterocycles. The maximum absolute atomic E-state index is 13.0. The Bertz CT molecular complexity index is 772. The first kappa shape index (κ1) is 17.3. The second-order valence-electron chi connectivity index (χ2n) is 7.36. The van der Waals surface area contributed by atoms with E-state index in [9.17, 15) is 4.79 Å². The summed E-state index contributed by atoms with van der Waals surface area (Å²) in [6.07, 6.45) is 3.90. The van der Waals surface area contributed by atoms with Gasteiger partial charge in [-0.25, -0.2) is 0 Å². The average molecular weight is 350 g/mol. The Balaban J connectivity index is 0.00000169. The molecule has 130 valence electrons. The van der Waals surface area contributed by atoms with Gasteiger partial charge in [0.2, 0.25) is 5.91 Å². The minimum atomic E-state index is -0.884. The number of aromatic amines is 1. The van der Waals surface area contributed by atoms with Crippen molar-refractivity contribution in [2.75, 3.05) is 11.9 Å². The summed E-state index contributed by atoms with van der Waals surface area (Å²) in [5.74, 6) is -0.00799. The zero-order valence-electron chi connectivity index (χ0n) is 14.0. The first-order chi connectivity index (χ1) is 10.9. The van der Waals surface area contributed by atoms with Gasteiger partial charge >= 0.3 is 0 Å². The molecule has 0 spiro atoms. The molecule has 3 atom stereocenters. The Kier molecular flexibility index (Phi) is 4.14. The lowest BCUT2D eigenvalue weighted by Crippen LogP contribution is -2.81. The van der Waals surface area contributed by atoms with E-state index in [0.717, 1.165) is 36.0 Å². The van der Waals surface area contributed by atoms with Gasteiger partial charge in [0, 0.05) is 40.7 Å². The maximum atomic E-state index is 13.0. The third-order valence-electron chi connectivity index (χ3n) is 5.87. The van der Waals surface area contributed by atoms with E-state index in [0.29, 0.717) is 0 Å². The molecule has 2 aromatic rings. The van der Waals surface area contributed by atoms with E-state index in [-0.39, 0.29) is 35.8 Å². The van der Waals surface area contributed by atoms with Crippen LogP contribution in [0.25, 0.3) is 10.9 Å². The van der Waals surface area contributed by atoms with E-state index in [4.69, 9.17) is 10.5 Å². The smallest absolute Gasteiger partial charge is 0.245 e. The zero-order valence-corrected chi connectivity index (χ0v) is 14.8. The summed E-state index contributed by atoms with van der Waals surface area (Å²) in [5.41, 5.74) is 7.21. The molecule has 4 N–H and O–H groups in total. The van der Waals surface area contributed by atoms with Crippen LogP contribution in [-0.2, 0) is 9.53 Å². The van der Waals surface area contributed by atoms with Crippen LogP contribution in [-0.4, -0.2) is 29.1 Å². The van der Waals surface area contributed by atoms with Crippen molar-refractivity contribution < 1.29 is 9.53 Å². The molecule has 3 unspecified atom stereocenters. The molecule has 1 saturated heterocycles. The number of anilines is 1. The van der Waals surface area contributed by atoms with Gasteiger partial charge < -0.3 is 20.8 Å². The van der Waals surface area contributed by atoms with Crippen molar-refractivity contribution >= 4 is 34.9 Å². The quantitative estimate of drug-likeness (QED) is 0.779. The molecule has 0 bridgehead atoms. The fraction of sp³-hybridized carbons (Fsp3) is 0.500. The van der Waals surface area contributed by atoms with Crippen molar-refractivity contribution in [3.8, 4) is 0 Å². The van der Waals surface area contributed by atoms with Crippen LogP contribution in [0.1, 0.15) is 26.7 Å². The largest absolute Gasteiger partial charge is 0.377 e. The van der Waals surface area contributed by atoms with E-state index in [2.05, 4.69) is 10.3 Å². The molecule has 2 aliphatic rings. The van der Waals surface area contributed by atoms with Gasteiger partial charge in [0.1, 0.15) is 5.54 Å².